The molecule has 156 valence electrons. The first-order chi connectivity index (χ1) is 14.6. The topological polar surface area (TPSA) is 72.8 Å². The van der Waals surface area contributed by atoms with E-state index in [1.54, 1.807) is 30.3 Å². The molecule has 3 unspecified atom stereocenters. The average Bonchev–Trinajstić information content (AvgIpc) is 3.27. The molecular weight excluding hydrogens is 380 g/mol. The van der Waals surface area contributed by atoms with Crippen molar-refractivity contribution in [3.63, 3.8) is 0 Å². The minimum Gasteiger partial charge on any atom is -0.462 e. The van der Waals surface area contributed by atoms with Crippen LogP contribution in [0.3, 0.4) is 0 Å². The summed E-state index contributed by atoms with van der Waals surface area (Å²) >= 11 is 0. The molecule has 1 heterocycles. The van der Waals surface area contributed by atoms with Gasteiger partial charge in [-0.1, -0.05) is 60.7 Å². The molecule has 2 aromatic rings. The van der Waals surface area contributed by atoms with Crippen LogP contribution in [0.4, 0.5) is 0 Å². The molecule has 30 heavy (non-hydrogen) atoms. The first-order valence-electron chi connectivity index (χ1n) is 10.5. The van der Waals surface area contributed by atoms with Crippen LogP contribution in [0.15, 0.2) is 72.8 Å². The summed E-state index contributed by atoms with van der Waals surface area (Å²) in [5, 5.41) is 10.4. The van der Waals surface area contributed by atoms with Crippen LogP contribution in [0.1, 0.15) is 35.2 Å². The van der Waals surface area contributed by atoms with Gasteiger partial charge < -0.3 is 14.6 Å². The molecule has 1 aliphatic carbocycles. The zero-order chi connectivity index (χ0) is 20.9. The van der Waals surface area contributed by atoms with Gasteiger partial charge in [-0.2, -0.15) is 0 Å². The molecule has 0 radical (unpaired) electrons. The van der Waals surface area contributed by atoms with Gasteiger partial charge in [0.25, 0.3) is 0 Å². The minimum atomic E-state index is -0.604. The van der Waals surface area contributed by atoms with Crippen LogP contribution in [0.5, 0.6) is 0 Å². The molecule has 0 aromatic heterocycles. The number of fused-ring (bicyclic) bond motifs is 1. The van der Waals surface area contributed by atoms with Gasteiger partial charge in [0.15, 0.2) is 0 Å². The number of aryl methyl sites for hydroxylation is 1. The van der Waals surface area contributed by atoms with Crippen molar-refractivity contribution in [3.8, 4) is 0 Å². The minimum absolute atomic E-state index is 0.0244. The van der Waals surface area contributed by atoms with E-state index in [-0.39, 0.29) is 36.0 Å². The number of esters is 2. The Bertz CT molecular complexity index is 892. The van der Waals surface area contributed by atoms with Crippen LogP contribution in [0, 0.1) is 11.8 Å². The lowest BCUT2D eigenvalue weighted by molar-refractivity contribution is -0.141. The number of hydrogen-bond acceptors (Lipinski definition) is 5. The normalized spacial score (nSPS) is 26.4. The lowest BCUT2D eigenvalue weighted by atomic mass is 9.91. The van der Waals surface area contributed by atoms with E-state index in [4.69, 9.17) is 9.47 Å². The second kappa shape index (κ2) is 9.26. The maximum absolute atomic E-state index is 12.5. The molecule has 5 nitrogen and oxygen atoms in total. The molecule has 4 rings (SSSR count). The summed E-state index contributed by atoms with van der Waals surface area (Å²) in [6, 6.07) is 18.9. The summed E-state index contributed by atoms with van der Waals surface area (Å²) in [7, 11) is 0. The maximum atomic E-state index is 12.5. The standard InChI is InChI=1S/C25H26O5/c26-19(12-11-17-7-3-1-4-8-17)13-14-20-21-15-24(27)29-23(21)16-22(20)30-25(28)18-9-5-2-6-10-18/h1-10,13-14,19-23,26H,11-12,15-16H2/b14-13+/t19?,20?,21-,22?,23+/m1/s1. The molecule has 2 aromatic carbocycles. The maximum Gasteiger partial charge on any atom is 0.338 e. The Morgan fingerprint density at radius 1 is 1.13 bits per heavy atom. The molecule has 1 saturated carbocycles. The van der Waals surface area contributed by atoms with Crippen molar-refractivity contribution in [3.05, 3.63) is 83.9 Å². The van der Waals surface area contributed by atoms with Crippen molar-refractivity contribution in [1.29, 1.82) is 0 Å². The Kier molecular flexibility index (Phi) is 6.29. The second-order valence-electron chi connectivity index (χ2n) is 8.00. The van der Waals surface area contributed by atoms with Gasteiger partial charge in [-0.3, -0.25) is 4.79 Å². The van der Waals surface area contributed by atoms with Crippen LogP contribution >= 0.6 is 0 Å². The summed E-state index contributed by atoms with van der Waals surface area (Å²) in [5.41, 5.74) is 1.67. The summed E-state index contributed by atoms with van der Waals surface area (Å²) in [6.45, 7) is 0. The van der Waals surface area contributed by atoms with Crippen molar-refractivity contribution in [2.24, 2.45) is 11.8 Å². The number of aliphatic hydroxyl groups is 1. The summed E-state index contributed by atoms with van der Waals surface area (Å²) in [6.07, 6.45) is 4.65. The fourth-order valence-corrected chi connectivity index (χ4v) is 4.38. The SMILES string of the molecule is O=C1C[C@@H]2C(/C=C/C(O)CCc3ccccc3)C(OC(=O)c3ccccc3)C[C@@H]2O1. The van der Waals surface area contributed by atoms with Gasteiger partial charge in [0, 0.05) is 18.3 Å². The van der Waals surface area contributed by atoms with Crippen LogP contribution in [0.2, 0.25) is 0 Å². The van der Waals surface area contributed by atoms with Gasteiger partial charge >= 0.3 is 11.9 Å². The number of rotatable bonds is 7. The van der Waals surface area contributed by atoms with Gasteiger partial charge in [-0.25, -0.2) is 4.79 Å². The van der Waals surface area contributed by atoms with Gasteiger partial charge in [-0.05, 0) is 30.5 Å². The number of hydrogen-bond donors (Lipinski definition) is 1. The lowest BCUT2D eigenvalue weighted by Gasteiger charge is -2.20. The van der Waals surface area contributed by atoms with E-state index in [1.165, 1.54) is 5.56 Å². The van der Waals surface area contributed by atoms with E-state index in [0.717, 1.165) is 6.42 Å². The molecule has 1 N–H and O–H groups in total. The Morgan fingerprint density at radius 2 is 1.83 bits per heavy atom. The quantitative estimate of drug-likeness (QED) is 0.561. The van der Waals surface area contributed by atoms with Crippen LogP contribution < -0.4 is 0 Å². The largest absolute Gasteiger partial charge is 0.462 e. The van der Waals surface area contributed by atoms with E-state index < -0.39 is 6.10 Å². The van der Waals surface area contributed by atoms with E-state index in [0.29, 0.717) is 24.8 Å². The third kappa shape index (κ3) is 4.79. The highest BCUT2D eigenvalue weighted by molar-refractivity contribution is 5.89. The molecule has 5 atom stereocenters. The van der Waals surface area contributed by atoms with Crippen LogP contribution in [0.25, 0.3) is 0 Å². The van der Waals surface area contributed by atoms with Gasteiger partial charge in [0.1, 0.15) is 12.2 Å². The monoisotopic (exact) mass is 406 g/mol. The Hall–Kier alpha value is -2.92. The number of ether oxygens (including phenoxy) is 2. The molecule has 1 saturated heterocycles. The number of carbonyl (C=O) groups is 2. The first kappa shape index (κ1) is 20.4. The fraction of sp³-hybridized carbons (Fsp3) is 0.360. The van der Waals surface area contributed by atoms with Gasteiger partial charge in [0.05, 0.1) is 18.1 Å². The van der Waals surface area contributed by atoms with Crippen molar-refractivity contribution in [1.82, 2.24) is 0 Å². The summed E-state index contributed by atoms with van der Waals surface area (Å²) in [4.78, 5) is 24.3. The van der Waals surface area contributed by atoms with E-state index in [1.807, 2.05) is 42.5 Å². The predicted molar refractivity (Wildman–Crippen MR) is 112 cm³/mol. The number of benzene rings is 2. The molecule has 2 aliphatic rings. The van der Waals surface area contributed by atoms with Crippen LogP contribution in [-0.4, -0.2) is 35.4 Å². The summed E-state index contributed by atoms with van der Waals surface area (Å²) in [5.74, 6) is -0.764. The molecule has 5 heteroatoms. The van der Waals surface area contributed by atoms with Crippen LogP contribution in [-0.2, 0) is 20.7 Å². The highest BCUT2D eigenvalue weighted by Gasteiger charge is 2.50. The van der Waals surface area contributed by atoms with Crippen molar-refractivity contribution < 1.29 is 24.2 Å². The van der Waals surface area contributed by atoms with E-state index in [2.05, 4.69) is 0 Å². The van der Waals surface area contributed by atoms with E-state index >= 15 is 0 Å². The molecule has 0 spiro atoms. The third-order valence-corrected chi connectivity index (χ3v) is 5.95. The smallest absolute Gasteiger partial charge is 0.338 e. The molecular formula is C25H26O5. The Balaban J connectivity index is 1.41. The highest BCUT2D eigenvalue weighted by Crippen LogP contribution is 2.43. The van der Waals surface area contributed by atoms with Crippen molar-refractivity contribution in [2.45, 2.75) is 44.0 Å². The molecule has 0 bridgehead atoms. The first-order valence-corrected chi connectivity index (χ1v) is 10.5. The Morgan fingerprint density at radius 3 is 2.57 bits per heavy atom. The fourth-order valence-electron chi connectivity index (χ4n) is 4.38. The zero-order valence-corrected chi connectivity index (χ0v) is 16.7. The Labute approximate surface area is 176 Å². The third-order valence-electron chi connectivity index (χ3n) is 5.95. The van der Waals surface area contributed by atoms with Gasteiger partial charge in [0.2, 0.25) is 0 Å². The lowest BCUT2D eigenvalue weighted by Crippen LogP contribution is -2.25. The molecule has 2 fully saturated rings. The van der Waals surface area contributed by atoms with Gasteiger partial charge in [-0.15, -0.1) is 0 Å². The van der Waals surface area contributed by atoms with E-state index in [9.17, 15) is 14.7 Å². The molecule has 1 aliphatic heterocycles. The highest BCUT2D eigenvalue weighted by atomic mass is 16.6. The molecule has 0 amide bonds. The average molecular weight is 406 g/mol. The number of aliphatic hydroxyl groups excluding tert-OH is 1. The number of carbonyl (C=O) groups excluding carboxylic acids is 2. The van der Waals surface area contributed by atoms with Crippen molar-refractivity contribution in [2.75, 3.05) is 0 Å². The zero-order valence-electron chi connectivity index (χ0n) is 16.7. The van der Waals surface area contributed by atoms with Crippen molar-refractivity contribution >= 4 is 11.9 Å². The summed E-state index contributed by atoms with van der Waals surface area (Å²) < 4.78 is 11.2. The second-order valence-corrected chi connectivity index (χ2v) is 8.00. The predicted octanol–water partition coefficient (Wildman–Crippen LogP) is 3.71.